The molecular weight excluding hydrogens is 482 g/mol. The van der Waals surface area contributed by atoms with Crippen LogP contribution in [0.1, 0.15) is 29.6 Å². The summed E-state index contributed by atoms with van der Waals surface area (Å²) < 4.78 is 10.4. The maximum Gasteiger partial charge on any atom is 0.254 e. The Morgan fingerprint density at radius 3 is 2.13 bits per heavy atom. The molecule has 0 atom stereocenters. The SMILES string of the molecule is COc1ccc(C(=O)N(CC(=O)N2CCCN(c3ccc(-c4ccc(OC)cc4)nn3)CC2)C2CC2)cc1. The number of methoxy groups -OCH3 is 2. The molecule has 0 radical (unpaired) electrons. The summed E-state index contributed by atoms with van der Waals surface area (Å²) in [6.07, 6.45) is 2.70. The third-order valence-corrected chi connectivity index (χ3v) is 7.10. The zero-order valence-corrected chi connectivity index (χ0v) is 21.9. The van der Waals surface area contributed by atoms with Gasteiger partial charge in [-0.05, 0) is 79.9 Å². The van der Waals surface area contributed by atoms with Crippen LogP contribution in [0.5, 0.6) is 11.5 Å². The van der Waals surface area contributed by atoms with E-state index in [-0.39, 0.29) is 24.4 Å². The van der Waals surface area contributed by atoms with Gasteiger partial charge in [0, 0.05) is 43.3 Å². The lowest BCUT2D eigenvalue weighted by Gasteiger charge is -2.27. The van der Waals surface area contributed by atoms with Crippen molar-refractivity contribution in [1.29, 1.82) is 0 Å². The Balaban J connectivity index is 1.19. The number of carbonyl (C=O) groups excluding carboxylic acids is 2. The highest BCUT2D eigenvalue weighted by atomic mass is 16.5. The van der Waals surface area contributed by atoms with Crippen LogP contribution in [0.2, 0.25) is 0 Å². The topological polar surface area (TPSA) is 88.1 Å². The number of amides is 2. The molecule has 1 saturated heterocycles. The minimum absolute atomic E-state index is 0.0125. The summed E-state index contributed by atoms with van der Waals surface area (Å²) in [5, 5.41) is 8.89. The summed E-state index contributed by atoms with van der Waals surface area (Å²) >= 11 is 0. The molecule has 2 amide bonds. The van der Waals surface area contributed by atoms with Gasteiger partial charge in [0.05, 0.1) is 19.9 Å². The van der Waals surface area contributed by atoms with E-state index in [0.717, 1.165) is 48.6 Å². The Morgan fingerprint density at radius 1 is 0.842 bits per heavy atom. The molecule has 2 fully saturated rings. The van der Waals surface area contributed by atoms with Crippen LogP contribution in [0.3, 0.4) is 0 Å². The van der Waals surface area contributed by atoms with Crippen LogP contribution in [-0.4, -0.2) is 84.8 Å². The number of benzene rings is 2. The highest BCUT2D eigenvalue weighted by Gasteiger charge is 2.35. The zero-order valence-electron chi connectivity index (χ0n) is 21.9. The zero-order chi connectivity index (χ0) is 26.5. The van der Waals surface area contributed by atoms with Gasteiger partial charge in [-0.2, -0.15) is 0 Å². The van der Waals surface area contributed by atoms with Gasteiger partial charge in [0.1, 0.15) is 18.0 Å². The summed E-state index contributed by atoms with van der Waals surface area (Å²) in [7, 11) is 3.24. The number of anilines is 1. The van der Waals surface area contributed by atoms with Crippen LogP contribution >= 0.6 is 0 Å². The minimum Gasteiger partial charge on any atom is -0.497 e. The lowest BCUT2D eigenvalue weighted by atomic mass is 10.1. The van der Waals surface area contributed by atoms with Gasteiger partial charge in [-0.3, -0.25) is 9.59 Å². The molecule has 9 nitrogen and oxygen atoms in total. The maximum atomic E-state index is 13.3. The fraction of sp³-hybridized carbons (Fsp3) is 0.379. The Bertz CT molecular complexity index is 1240. The Labute approximate surface area is 223 Å². The van der Waals surface area contributed by atoms with Gasteiger partial charge < -0.3 is 24.2 Å². The Kier molecular flexibility index (Phi) is 7.72. The maximum absolute atomic E-state index is 13.3. The van der Waals surface area contributed by atoms with Gasteiger partial charge in [-0.1, -0.05) is 0 Å². The van der Waals surface area contributed by atoms with Crippen LogP contribution in [-0.2, 0) is 4.79 Å². The third kappa shape index (κ3) is 5.88. The van der Waals surface area contributed by atoms with E-state index in [4.69, 9.17) is 9.47 Å². The molecule has 1 saturated carbocycles. The Hall–Kier alpha value is -4.14. The average molecular weight is 516 g/mol. The molecular formula is C29H33N5O4. The van der Waals surface area contributed by atoms with E-state index in [9.17, 15) is 9.59 Å². The molecule has 38 heavy (non-hydrogen) atoms. The first kappa shape index (κ1) is 25.5. The summed E-state index contributed by atoms with van der Waals surface area (Å²) in [6, 6.07) is 18.9. The van der Waals surface area contributed by atoms with E-state index in [1.54, 1.807) is 43.4 Å². The molecule has 3 aromatic rings. The number of hydrogen-bond donors (Lipinski definition) is 0. The minimum atomic E-state index is -0.104. The number of carbonyl (C=O) groups is 2. The van der Waals surface area contributed by atoms with Gasteiger partial charge in [0.25, 0.3) is 5.91 Å². The van der Waals surface area contributed by atoms with Gasteiger partial charge in [-0.15, -0.1) is 10.2 Å². The first-order valence-electron chi connectivity index (χ1n) is 13.0. The van der Waals surface area contributed by atoms with Crippen molar-refractivity contribution in [2.75, 3.05) is 51.8 Å². The van der Waals surface area contributed by atoms with Crippen LogP contribution in [0.25, 0.3) is 11.3 Å². The van der Waals surface area contributed by atoms with Crippen molar-refractivity contribution in [3.05, 3.63) is 66.2 Å². The summed E-state index contributed by atoms with van der Waals surface area (Å²) in [5.74, 6) is 2.18. The van der Waals surface area contributed by atoms with Crippen molar-refractivity contribution >= 4 is 17.6 Å². The molecule has 0 bridgehead atoms. The smallest absolute Gasteiger partial charge is 0.254 e. The van der Waals surface area contributed by atoms with Crippen molar-refractivity contribution in [2.45, 2.75) is 25.3 Å². The third-order valence-electron chi connectivity index (χ3n) is 7.10. The van der Waals surface area contributed by atoms with E-state index in [0.29, 0.717) is 30.9 Å². The molecule has 0 spiro atoms. The molecule has 1 aliphatic carbocycles. The number of nitrogens with zero attached hydrogens (tertiary/aromatic N) is 5. The van der Waals surface area contributed by atoms with Gasteiger partial charge in [0.15, 0.2) is 5.82 Å². The first-order chi connectivity index (χ1) is 18.6. The standard InChI is InChI=1S/C29H33N5O4/c1-37-24-10-4-21(5-11-24)26-14-15-27(31-30-26)32-16-3-17-33(19-18-32)28(35)20-34(23-8-9-23)29(36)22-6-12-25(38-2)13-7-22/h4-7,10-15,23H,3,8-9,16-20H2,1-2H3. The Morgan fingerprint density at radius 2 is 1.53 bits per heavy atom. The average Bonchev–Trinajstić information content (AvgIpc) is 3.83. The van der Waals surface area contributed by atoms with Crippen LogP contribution in [0.15, 0.2) is 60.7 Å². The summed E-state index contributed by atoms with van der Waals surface area (Å²) in [4.78, 5) is 32.2. The second-order valence-electron chi connectivity index (χ2n) is 9.62. The molecule has 1 aromatic heterocycles. The van der Waals surface area contributed by atoms with Crippen LogP contribution in [0, 0.1) is 0 Å². The number of rotatable bonds is 8. The molecule has 2 heterocycles. The molecule has 9 heteroatoms. The second kappa shape index (κ2) is 11.5. The monoisotopic (exact) mass is 515 g/mol. The predicted molar refractivity (Wildman–Crippen MR) is 144 cm³/mol. The first-order valence-corrected chi connectivity index (χ1v) is 13.0. The molecule has 2 aromatic carbocycles. The van der Waals surface area contributed by atoms with Crippen molar-refractivity contribution in [1.82, 2.24) is 20.0 Å². The lowest BCUT2D eigenvalue weighted by Crippen LogP contribution is -2.45. The molecule has 5 rings (SSSR count). The molecule has 2 aliphatic rings. The highest BCUT2D eigenvalue weighted by molar-refractivity contribution is 5.97. The van der Waals surface area contributed by atoms with Gasteiger partial charge in [0.2, 0.25) is 5.91 Å². The molecule has 198 valence electrons. The quantitative estimate of drug-likeness (QED) is 0.454. The van der Waals surface area contributed by atoms with E-state index in [2.05, 4.69) is 15.1 Å². The highest BCUT2D eigenvalue weighted by Crippen LogP contribution is 2.29. The van der Waals surface area contributed by atoms with E-state index >= 15 is 0 Å². The van der Waals surface area contributed by atoms with E-state index in [1.807, 2.05) is 41.3 Å². The lowest BCUT2D eigenvalue weighted by molar-refractivity contribution is -0.131. The van der Waals surface area contributed by atoms with Crippen LogP contribution < -0.4 is 14.4 Å². The largest absolute Gasteiger partial charge is 0.497 e. The fourth-order valence-electron chi connectivity index (χ4n) is 4.70. The molecule has 0 unspecified atom stereocenters. The van der Waals surface area contributed by atoms with Crippen molar-refractivity contribution in [3.8, 4) is 22.8 Å². The summed E-state index contributed by atoms with van der Waals surface area (Å²) in [5.41, 5.74) is 2.34. The second-order valence-corrected chi connectivity index (χ2v) is 9.62. The van der Waals surface area contributed by atoms with Crippen molar-refractivity contribution in [3.63, 3.8) is 0 Å². The van der Waals surface area contributed by atoms with Gasteiger partial charge >= 0.3 is 0 Å². The van der Waals surface area contributed by atoms with E-state index in [1.165, 1.54) is 0 Å². The molecule has 0 N–H and O–H groups in total. The normalized spacial score (nSPS) is 15.5. The van der Waals surface area contributed by atoms with Crippen molar-refractivity contribution in [2.24, 2.45) is 0 Å². The van der Waals surface area contributed by atoms with E-state index < -0.39 is 0 Å². The fourth-order valence-corrected chi connectivity index (χ4v) is 4.70. The van der Waals surface area contributed by atoms with Gasteiger partial charge in [-0.25, -0.2) is 0 Å². The number of hydrogen-bond acceptors (Lipinski definition) is 7. The molecule has 1 aliphatic heterocycles. The number of ether oxygens (including phenoxy) is 2. The number of aromatic nitrogens is 2. The van der Waals surface area contributed by atoms with Crippen LogP contribution in [0.4, 0.5) is 5.82 Å². The van der Waals surface area contributed by atoms with Crippen molar-refractivity contribution < 1.29 is 19.1 Å². The predicted octanol–water partition coefficient (Wildman–Crippen LogP) is 3.50. The summed E-state index contributed by atoms with van der Waals surface area (Å²) in [6.45, 7) is 2.79.